The average molecular weight is 735 g/mol. The van der Waals surface area contributed by atoms with E-state index in [4.69, 9.17) is 25.1 Å². The number of fused-ring (bicyclic) bond motifs is 1. The number of benzene rings is 1. The maximum Gasteiger partial charge on any atom is 0.320 e. The molecule has 1 fully saturated rings. The molecule has 15 nitrogen and oxygen atoms in total. The van der Waals surface area contributed by atoms with Crippen LogP contribution in [0, 0.1) is 22.1 Å². The molecule has 0 bridgehead atoms. The molecular formula is C36H50N10O5S. The number of hydrogen-bond donors (Lipinski definition) is 6. The number of carbonyl (C=O) groups is 1. The van der Waals surface area contributed by atoms with E-state index in [1.807, 2.05) is 38.1 Å². The molecule has 6 N–H and O–H groups in total. The fourth-order valence-corrected chi connectivity index (χ4v) is 6.98. The van der Waals surface area contributed by atoms with Crippen LogP contribution in [-0.2, 0) is 20.8 Å². The first-order chi connectivity index (χ1) is 24.7. The summed E-state index contributed by atoms with van der Waals surface area (Å²) in [5.41, 5.74) is 2.90. The van der Waals surface area contributed by atoms with Gasteiger partial charge in [0.25, 0.3) is 10.1 Å². The van der Waals surface area contributed by atoms with E-state index in [0.29, 0.717) is 30.0 Å². The van der Waals surface area contributed by atoms with E-state index in [9.17, 15) is 13.2 Å². The molecule has 16 heteroatoms. The third-order valence-corrected chi connectivity index (χ3v) is 9.90. The van der Waals surface area contributed by atoms with E-state index < -0.39 is 16.1 Å². The van der Waals surface area contributed by atoms with Crippen LogP contribution < -0.4 is 26.2 Å². The fourth-order valence-electron chi connectivity index (χ4n) is 6.61. The van der Waals surface area contributed by atoms with E-state index in [1.54, 1.807) is 35.2 Å². The zero-order valence-electron chi connectivity index (χ0n) is 30.3. The number of likely N-dealkylation sites (tertiary alicyclic amines) is 1. The molecule has 3 heterocycles. The summed E-state index contributed by atoms with van der Waals surface area (Å²) in [6, 6.07) is 10.9. The second-order valence-electron chi connectivity index (χ2n) is 13.8. The summed E-state index contributed by atoms with van der Waals surface area (Å²) < 4.78 is 37.0. The molecule has 2 aliphatic rings. The Balaban J connectivity index is 1.27. The average Bonchev–Trinajstić information content (AvgIpc) is 3.52. The van der Waals surface area contributed by atoms with Crippen molar-refractivity contribution in [2.24, 2.45) is 5.92 Å². The number of ether oxygens (including phenoxy) is 1. The van der Waals surface area contributed by atoms with Gasteiger partial charge in [-0.05, 0) is 81.2 Å². The molecule has 5 rings (SSSR count). The third-order valence-electron chi connectivity index (χ3n) is 9.31. The number of nitrogens with zero attached hydrogens (tertiary/aromatic N) is 4. The van der Waals surface area contributed by atoms with Gasteiger partial charge in [0.15, 0.2) is 0 Å². The highest BCUT2D eigenvalue weighted by atomic mass is 32.2. The topological polar surface area (TPSA) is 203 Å². The van der Waals surface area contributed by atoms with Crippen LogP contribution >= 0.6 is 0 Å². The monoisotopic (exact) mass is 734 g/mol. The van der Waals surface area contributed by atoms with Crippen LogP contribution in [0.3, 0.4) is 0 Å². The third kappa shape index (κ3) is 9.88. The Bertz CT molecular complexity index is 1960. The van der Waals surface area contributed by atoms with Crippen molar-refractivity contribution in [3.05, 3.63) is 83.5 Å². The SMILES string of the molecule is CC(C)C(=N)/C=C(/NC(=O)N[C@H]1CCC(Oc2ccc(=N)n(C(=N)N3[C@H](C)CCC[C@@H]3C)c2)c2ccccc21)Nc1cnn(CCOS(C)(=O)=O)c1. The van der Waals surface area contributed by atoms with E-state index in [-0.39, 0.29) is 60.6 Å². The molecule has 0 saturated carbocycles. The van der Waals surface area contributed by atoms with E-state index in [1.165, 1.54) is 10.9 Å². The Hall–Kier alpha value is -4.96. The lowest BCUT2D eigenvalue weighted by Crippen LogP contribution is -2.51. The maximum atomic E-state index is 13.5. The molecule has 0 spiro atoms. The molecule has 52 heavy (non-hydrogen) atoms. The standard InChI is InChI=1S/C36H50N10O5S/c1-23(2)30(37)19-34(41-26-20-40-44(21-26)17-18-50-52(5,48)49)43-36(47)42-31-14-15-32(29-12-7-6-11-28(29)31)51-27-13-16-33(38)45(22-27)35(39)46-24(3)9-8-10-25(46)4/h6-7,11-13,16,19-25,31-32,37-39,41H,8-10,14-15,17-18H2,1-5H3,(H2,42,43,47)/b34-19+,37-30?,38-33?,39-35?/t24-,25+,31-,32?/m0/s1. The van der Waals surface area contributed by atoms with Gasteiger partial charge in [-0.3, -0.25) is 29.6 Å². The largest absolute Gasteiger partial charge is 0.484 e. The predicted molar refractivity (Wildman–Crippen MR) is 199 cm³/mol. The normalized spacial score (nSPS) is 20.6. The molecule has 1 aliphatic heterocycles. The van der Waals surface area contributed by atoms with Crippen molar-refractivity contribution in [2.45, 2.75) is 90.6 Å². The lowest BCUT2D eigenvalue weighted by atomic mass is 9.85. The van der Waals surface area contributed by atoms with Gasteiger partial charge < -0.3 is 25.7 Å². The van der Waals surface area contributed by atoms with Gasteiger partial charge in [0, 0.05) is 24.0 Å². The van der Waals surface area contributed by atoms with Crippen molar-refractivity contribution in [3.63, 3.8) is 0 Å². The van der Waals surface area contributed by atoms with Crippen molar-refractivity contribution < 1.29 is 22.1 Å². The zero-order valence-corrected chi connectivity index (χ0v) is 31.2. The fraction of sp³-hybridized carbons (Fsp3) is 0.472. The molecule has 1 unspecified atom stereocenters. The Morgan fingerprint density at radius 2 is 1.75 bits per heavy atom. The number of carbonyl (C=O) groups excluding carboxylic acids is 1. The number of piperidine rings is 1. The van der Waals surface area contributed by atoms with E-state index in [2.05, 4.69) is 39.8 Å². The maximum absolute atomic E-state index is 13.5. The molecule has 2 amide bonds. The zero-order chi connectivity index (χ0) is 37.6. The minimum absolute atomic E-state index is 0.0738. The lowest BCUT2D eigenvalue weighted by molar-refractivity contribution is 0.169. The van der Waals surface area contributed by atoms with Crippen LogP contribution in [-0.4, -0.2) is 70.3 Å². The van der Waals surface area contributed by atoms with Crippen LogP contribution in [0.5, 0.6) is 5.75 Å². The van der Waals surface area contributed by atoms with Crippen LogP contribution in [0.4, 0.5) is 10.5 Å². The van der Waals surface area contributed by atoms with Gasteiger partial charge in [-0.15, -0.1) is 0 Å². The number of allylic oxidation sites excluding steroid dienone is 1. The number of hydrogen-bond acceptors (Lipinski definition) is 10. The van der Waals surface area contributed by atoms with E-state index >= 15 is 0 Å². The molecule has 280 valence electrons. The van der Waals surface area contributed by atoms with Crippen LogP contribution in [0.25, 0.3) is 0 Å². The summed E-state index contributed by atoms with van der Waals surface area (Å²) in [5.74, 6) is 1.02. The van der Waals surface area contributed by atoms with Gasteiger partial charge in [-0.2, -0.15) is 13.5 Å². The number of aromatic nitrogens is 3. The van der Waals surface area contributed by atoms with E-state index in [0.717, 1.165) is 36.6 Å². The quantitative estimate of drug-likeness (QED) is 0.0841. The highest BCUT2D eigenvalue weighted by molar-refractivity contribution is 7.85. The molecule has 0 radical (unpaired) electrons. The van der Waals surface area contributed by atoms with Crippen molar-refractivity contribution in [1.29, 1.82) is 16.2 Å². The molecular weight excluding hydrogens is 685 g/mol. The second kappa shape index (κ2) is 16.6. The minimum Gasteiger partial charge on any atom is -0.484 e. The highest BCUT2D eigenvalue weighted by Crippen LogP contribution is 2.38. The highest BCUT2D eigenvalue weighted by Gasteiger charge is 2.31. The molecule has 3 aromatic rings. The van der Waals surface area contributed by atoms with Gasteiger partial charge in [0.1, 0.15) is 23.2 Å². The number of rotatable bonds is 12. The van der Waals surface area contributed by atoms with Crippen molar-refractivity contribution in [2.75, 3.05) is 18.2 Å². The summed E-state index contributed by atoms with van der Waals surface area (Å²) in [6.07, 6.45) is 11.5. The summed E-state index contributed by atoms with van der Waals surface area (Å²) in [4.78, 5) is 15.5. The van der Waals surface area contributed by atoms with Crippen LogP contribution in [0.2, 0.25) is 0 Å². The summed E-state index contributed by atoms with van der Waals surface area (Å²) in [7, 11) is -3.57. The first-order valence-electron chi connectivity index (χ1n) is 17.6. The Morgan fingerprint density at radius 3 is 2.44 bits per heavy atom. The Morgan fingerprint density at radius 1 is 1.04 bits per heavy atom. The van der Waals surface area contributed by atoms with Crippen molar-refractivity contribution >= 4 is 33.5 Å². The smallest absolute Gasteiger partial charge is 0.320 e. The molecule has 1 saturated heterocycles. The van der Waals surface area contributed by atoms with Gasteiger partial charge in [0.2, 0.25) is 5.96 Å². The van der Waals surface area contributed by atoms with Gasteiger partial charge in [0.05, 0.1) is 43.5 Å². The molecule has 4 atom stereocenters. The number of pyridine rings is 1. The number of anilines is 1. The van der Waals surface area contributed by atoms with Crippen LogP contribution in [0.1, 0.15) is 83.1 Å². The number of amides is 2. The molecule has 1 aromatic carbocycles. The number of urea groups is 1. The Kier molecular flexibility index (Phi) is 12.2. The lowest BCUT2D eigenvalue weighted by Gasteiger charge is -2.41. The van der Waals surface area contributed by atoms with Crippen molar-refractivity contribution in [3.8, 4) is 5.75 Å². The van der Waals surface area contributed by atoms with Gasteiger partial charge >= 0.3 is 6.03 Å². The minimum atomic E-state index is -3.57. The molecule has 1 aliphatic carbocycles. The van der Waals surface area contributed by atoms with Gasteiger partial charge in [-0.1, -0.05) is 38.1 Å². The second-order valence-corrected chi connectivity index (χ2v) is 15.4. The first-order valence-corrected chi connectivity index (χ1v) is 19.4. The van der Waals surface area contributed by atoms with Crippen LogP contribution in [0.15, 0.2) is 66.9 Å². The predicted octanol–water partition coefficient (Wildman–Crippen LogP) is 5.07. The van der Waals surface area contributed by atoms with Gasteiger partial charge in [-0.25, -0.2) is 4.79 Å². The summed E-state index contributed by atoms with van der Waals surface area (Å²) in [6.45, 7) is 8.15. The summed E-state index contributed by atoms with van der Waals surface area (Å²) >= 11 is 0. The Labute approximate surface area is 305 Å². The summed E-state index contributed by atoms with van der Waals surface area (Å²) in [5, 5.41) is 39.2. The van der Waals surface area contributed by atoms with Crippen molar-refractivity contribution in [1.82, 2.24) is 29.9 Å². The first kappa shape index (κ1) is 38.3. The number of nitrogens with one attached hydrogen (secondary N) is 6. The molecule has 2 aromatic heterocycles.